The average molecular weight is 624 g/mol. The minimum atomic E-state index is -4.13. The predicted octanol–water partition coefficient (Wildman–Crippen LogP) is 6.66. The summed E-state index contributed by atoms with van der Waals surface area (Å²) in [5.74, 6) is -0.705. The number of hydrogen-bond acceptors (Lipinski definition) is 4. The standard InChI is InChI=1S/C34H42ClN3O4S/c1-4-26-13-10-12-18-32(26)38(43(41,42)29-21-19-25(3)20-22-29)24-33(39)37(23-27-14-9-11-17-30(27)35)31(5-2)34(40)36-28-15-7-6-8-16-28/h9-14,17-22,28,31H,4-8,15-16,23-24H2,1-3H3,(H,36,40)/t31-/m1/s1. The number of benzene rings is 3. The summed E-state index contributed by atoms with van der Waals surface area (Å²) in [6.07, 6.45) is 6.05. The smallest absolute Gasteiger partial charge is 0.264 e. The zero-order valence-corrected chi connectivity index (χ0v) is 26.8. The van der Waals surface area contributed by atoms with Gasteiger partial charge < -0.3 is 10.2 Å². The first-order valence-electron chi connectivity index (χ1n) is 15.2. The van der Waals surface area contributed by atoms with Crippen molar-refractivity contribution in [2.75, 3.05) is 10.8 Å². The Bertz CT molecular complexity index is 1500. The lowest BCUT2D eigenvalue weighted by molar-refractivity contribution is -0.140. The van der Waals surface area contributed by atoms with Crippen LogP contribution in [0.5, 0.6) is 0 Å². The number of nitrogens with zero attached hydrogens (tertiary/aromatic N) is 2. The van der Waals surface area contributed by atoms with E-state index < -0.39 is 28.5 Å². The lowest BCUT2D eigenvalue weighted by Gasteiger charge is -2.35. The minimum Gasteiger partial charge on any atom is -0.352 e. The van der Waals surface area contributed by atoms with E-state index in [1.165, 1.54) is 9.21 Å². The highest BCUT2D eigenvalue weighted by Gasteiger charge is 2.35. The topological polar surface area (TPSA) is 86.8 Å². The third-order valence-corrected chi connectivity index (χ3v) is 10.3. The van der Waals surface area contributed by atoms with Crippen LogP contribution in [0.1, 0.15) is 69.1 Å². The van der Waals surface area contributed by atoms with Crippen molar-refractivity contribution in [2.24, 2.45) is 0 Å². The molecule has 0 spiro atoms. The fourth-order valence-corrected chi connectivity index (χ4v) is 7.33. The monoisotopic (exact) mass is 623 g/mol. The van der Waals surface area contributed by atoms with Gasteiger partial charge in [-0.15, -0.1) is 0 Å². The van der Waals surface area contributed by atoms with E-state index in [9.17, 15) is 18.0 Å². The summed E-state index contributed by atoms with van der Waals surface area (Å²) in [5.41, 5.74) is 2.85. The van der Waals surface area contributed by atoms with Crippen LogP contribution >= 0.6 is 11.6 Å². The number of carbonyl (C=O) groups excluding carboxylic acids is 2. The number of sulfonamides is 1. The molecule has 2 amide bonds. The molecule has 0 aliphatic heterocycles. The second kappa shape index (κ2) is 14.9. The summed E-state index contributed by atoms with van der Waals surface area (Å²) in [7, 11) is -4.13. The van der Waals surface area contributed by atoms with Crippen molar-refractivity contribution in [2.45, 2.75) is 89.2 Å². The van der Waals surface area contributed by atoms with Crippen LogP contribution in [0, 0.1) is 6.92 Å². The molecule has 0 bridgehead atoms. The summed E-state index contributed by atoms with van der Waals surface area (Å²) < 4.78 is 29.5. The summed E-state index contributed by atoms with van der Waals surface area (Å²) in [6, 6.07) is 20.3. The Morgan fingerprint density at radius 2 is 1.53 bits per heavy atom. The molecular weight excluding hydrogens is 582 g/mol. The average Bonchev–Trinajstić information content (AvgIpc) is 3.01. The number of hydrogen-bond donors (Lipinski definition) is 1. The summed E-state index contributed by atoms with van der Waals surface area (Å²) in [6.45, 7) is 5.31. The number of aryl methyl sites for hydroxylation is 2. The van der Waals surface area contributed by atoms with Crippen LogP contribution in [-0.4, -0.2) is 43.8 Å². The molecule has 1 saturated carbocycles. The van der Waals surface area contributed by atoms with Crippen LogP contribution < -0.4 is 9.62 Å². The fourth-order valence-electron chi connectivity index (χ4n) is 5.68. The van der Waals surface area contributed by atoms with Gasteiger partial charge in [-0.25, -0.2) is 8.42 Å². The van der Waals surface area contributed by atoms with Crippen molar-refractivity contribution < 1.29 is 18.0 Å². The van der Waals surface area contributed by atoms with Gasteiger partial charge in [-0.1, -0.05) is 98.8 Å². The van der Waals surface area contributed by atoms with Gasteiger partial charge in [0.25, 0.3) is 10.0 Å². The van der Waals surface area contributed by atoms with Crippen LogP contribution in [-0.2, 0) is 32.6 Å². The summed E-state index contributed by atoms with van der Waals surface area (Å²) in [5, 5.41) is 3.65. The molecule has 9 heteroatoms. The molecule has 43 heavy (non-hydrogen) atoms. The number of nitrogens with one attached hydrogen (secondary N) is 1. The molecule has 0 radical (unpaired) electrons. The Balaban J connectivity index is 1.74. The Hall–Kier alpha value is -3.36. The lowest BCUT2D eigenvalue weighted by Crippen LogP contribution is -2.54. The van der Waals surface area contributed by atoms with Crippen molar-refractivity contribution in [3.8, 4) is 0 Å². The molecule has 1 aliphatic rings. The van der Waals surface area contributed by atoms with Crippen molar-refractivity contribution in [3.63, 3.8) is 0 Å². The molecule has 1 atom stereocenters. The Morgan fingerprint density at radius 3 is 2.16 bits per heavy atom. The van der Waals surface area contributed by atoms with E-state index in [1.807, 2.05) is 51.1 Å². The Morgan fingerprint density at radius 1 is 0.907 bits per heavy atom. The fraction of sp³-hybridized carbons (Fsp3) is 0.412. The number of halogens is 1. The quantitative estimate of drug-likeness (QED) is 0.244. The van der Waals surface area contributed by atoms with Crippen LogP contribution in [0.2, 0.25) is 5.02 Å². The molecule has 0 aromatic heterocycles. The Labute approximate surface area is 261 Å². The SMILES string of the molecule is CCc1ccccc1N(CC(=O)N(Cc1ccccc1Cl)[C@H](CC)C(=O)NC1CCCCC1)S(=O)(=O)c1ccc(C)cc1. The molecule has 0 unspecified atom stereocenters. The van der Waals surface area contributed by atoms with Crippen molar-refractivity contribution in [3.05, 3.63) is 94.5 Å². The van der Waals surface area contributed by atoms with E-state index in [2.05, 4.69) is 5.32 Å². The molecule has 7 nitrogen and oxygen atoms in total. The van der Waals surface area contributed by atoms with Gasteiger partial charge in [0.15, 0.2) is 0 Å². The molecule has 1 N–H and O–H groups in total. The predicted molar refractivity (Wildman–Crippen MR) is 173 cm³/mol. The minimum absolute atomic E-state index is 0.0717. The zero-order valence-electron chi connectivity index (χ0n) is 25.3. The van der Waals surface area contributed by atoms with Gasteiger partial charge in [0.05, 0.1) is 10.6 Å². The highest BCUT2D eigenvalue weighted by Crippen LogP contribution is 2.29. The third kappa shape index (κ3) is 7.98. The van der Waals surface area contributed by atoms with E-state index in [1.54, 1.807) is 42.5 Å². The van der Waals surface area contributed by atoms with Gasteiger partial charge in [0, 0.05) is 17.6 Å². The highest BCUT2D eigenvalue weighted by molar-refractivity contribution is 7.92. The van der Waals surface area contributed by atoms with Gasteiger partial charge in [-0.3, -0.25) is 13.9 Å². The first kappa shape index (κ1) is 32.6. The second-order valence-corrected chi connectivity index (χ2v) is 13.5. The van der Waals surface area contributed by atoms with Crippen molar-refractivity contribution in [1.82, 2.24) is 10.2 Å². The first-order chi connectivity index (χ1) is 20.6. The number of anilines is 1. The molecule has 3 aromatic rings. The van der Waals surface area contributed by atoms with E-state index in [0.717, 1.165) is 43.2 Å². The number of para-hydroxylation sites is 1. The Kier molecular flexibility index (Phi) is 11.3. The first-order valence-corrected chi connectivity index (χ1v) is 17.0. The molecule has 1 fully saturated rings. The summed E-state index contributed by atoms with van der Waals surface area (Å²) >= 11 is 6.52. The van der Waals surface area contributed by atoms with Gasteiger partial charge in [0.1, 0.15) is 12.6 Å². The van der Waals surface area contributed by atoms with E-state index in [4.69, 9.17) is 11.6 Å². The lowest BCUT2D eigenvalue weighted by atomic mass is 9.95. The normalized spacial score (nSPS) is 14.6. The van der Waals surface area contributed by atoms with Gasteiger partial charge >= 0.3 is 0 Å². The van der Waals surface area contributed by atoms with Crippen LogP contribution in [0.25, 0.3) is 0 Å². The molecule has 230 valence electrons. The van der Waals surface area contributed by atoms with E-state index in [-0.39, 0.29) is 23.4 Å². The number of rotatable bonds is 12. The highest BCUT2D eigenvalue weighted by atomic mass is 35.5. The maximum Gasteiger partial charge on any atom is 0.264 e. The summed E-state index contributed by atoms with van der Waals surface area (Å²) in [4.78, 5) is 29.7. The van der Waals surface area contributed by atoms with Crippen LogP contribution in [0.4, 0.5) is 5.69 Å². The molecule has 1 aliphatic carbocycles. The zero-order chi connectivity index (χ0) is 31.0. The number of carbonyl (C=O) groups is 2. The third-order valence-electron chi connectivity index (χ3n) is 8.17. The van der Waals surface area contributed by atoms with Crippen LogP contribution in [0.3, 0.4) is 0 Å². The van der Waals surface area contributed by atoms with Crippen molar-refractivity contribution in [1.29, 1.82) is 0 Å². The van der Waals surface area contributed by atoms with E-state index in [0.29, 0.717) is 29.1 Å². The van der Waals surface area contributed by atoms with Gasteiger partial charge in [0.2, 0.25) is 11.8 Å². The largest absolute Gasteiger partial charge is 0.352 e. The molecule has 0 heterocycles. The van der Waals surface area contributed by atoms with Gasteiger partial charge in [-0.05, 0) is 68.0 Å². The van der Waals surface area contributed by atoms with Gasteiger partial charge in [-0.2, -0.15) is 0 Å². The van der Waals surface area contributed by atoms with E-state index >= 15 is 0 Å². The maximum atomic E-state index is 14.4. The maximum absolute atomic E-state index is 14.4. The molecule has 4 rings (SSSR count). The molecule has 3 aromatic carbocycles. The van der Waals surface area contributed by atoms with Crippen LogP contribution in [0.15, 0.2) is 77.7 Å². The van der Waals surface area contributed by atoms with Crippen molar-refractivity contribution >= 4 is 39.1 Å². The second-order valence-electron chi connectivity index (χ2n) is 11.2. The molecular formula is C34H42ClN3O4S. The number of amides is 2. The molecule has 0 saturated heterocycles.